The molecule has 0 saturated carbocycles. The summed E-state index contributed by atoms with van der Waals surface area (Å²) in [5.41, 5.74) is 3.14. The molecule has 0 aliphatic carbocycles. The molecule has 0 atom stereocenters. The molecule has 1 aromatic heterocycles. The number of benzene rings is 3. The van der Waals surface area contributed by atoms with Gasteiger partial charge in [0, 0.05) is 13.1 Å². The lowest BCUT2D eigenvalue weighted by atomic mass is 9.97. The average Bonchev–Trinajstić information content (AvgIpc) is 3.04. The number of amides is 1. The van der Waals surface area contributed by atoms with Crippen molar-refractivity contribution in [3.8, 4) is 0 Å². The first kappa shape index (κ1) is 15.1. The molecule has 4 aromatic rings. The number of likely N-dealkylation sites (tertiary alicyclic amines) is 1. The smallest absolute Gasteiger partial charge is 0.227 e. The summed E-state index contributed by atoms with van der Waals surface area (Å²) >= 11 is 0. The van der Waals surface area contributed by atoms with Crippen LogP contribution in [0.1, 0.15) is 17.3 Å². The molecule has 128 valence electrons. The molecule has 0 spiro atoms. The predicted octanol–water partition coefficient (Wildman–Crippen LogP) is 3.88. The fourth-order valence-electron chi connectivity index (χ4n) is 3.74. The van der Waals surface area contributed by atoms with Crippen LogP contribution in [0, 0.1) is 0 Å². The number of aromatic nitrogens is 2. The Morgan fingerprint density at radius 2 is 1.77 bits per heavy atom. The van der Waals surface area contributed by atoms with E-state index in [4.69, 9.17) is 0 Å². The summed E-state index contributed by atoms with van der Waals surface area (Å²) in [6.45, 7) is 1.48. The van der Waals surface area contributed by atoms with Crippen LogP contribution in [-0.2, 0) is 11.2 Å². The highest BCUT2D eigenvalue weighted by Crippen LogP contribution is 2.28. The van der Waals surface area contributed by atoms with Gasteiger partial charge in [0.15, 0.2) is 0 Å². The predicted molar refractivity (Wildman–Crippen MR) is 103 cm³/mol. The van der Waals surface area contributed by atoms with Crippen LogP contribution in [0.3, 0.4) is 0 Å². The SMILES string of the molecule is O=C(Cc1cccc2ccccc12)N1CC(c2nc3ccccc3[nH]2)C1. The van der Waals surface area contributed by atoms with E-state index in [1.807, 2.05) is 47.4 Å². The number of H-pyrrole nitrogens is 1. The third-order valence-corrected chi connectivity index (χ3v) is 5.25. The summed E-state index contributed by atoms with van der Waals surface area (Å²) in [6, 6.07) is 22.4. The summed E-state index contributed by atoms with van der Waals surface area (Å²) in [6.07, 6.45) is 0.453. The molecule has 1 amide bonds. The first-order valence-electron chi connectivity index (χ1n) is 8.97. The topological polar surface area (TPSA) is 49.0 Å². The van der Waals surface area contributed by atoms with Crippen LogP contribution in [-0.4, -0.2) is 33.9 Å². The van der Waals surface area contributed by atoms with Gasteiger partial charge in [-0.3, -0.25) is 4.79 Å². The molecular formula is C22H19N3O. The molecule has 1 aliphatic heterocycles. The van der Waals surface area contributed by atoms with Crippen molar-refractivity contribution in [1.82, 2.24) is 14.9 Å². The molecule has 2 heterocycles. The number of carbonyl (C=O) groups excluding carboxylic acids is 1. The second-order valence-electron chi connectivity index (χ2n) is 6.95. The van der Waals surface area contributed by atoms with Crippen molar-refractivity contribution in [2.45, 2.75) is 12.3 Å². The second kappa shape index (κ2) is 5.99. The minimum atomic E-state index is 0.189. The average molecular weight is 341 g/mol. The van der Waals surface area contributed by atoms with Gasteiger partial charge in [-0.1, -0.05) is 54.6 Å². The first-order chi connectivity index (χ1) is 12.8. The summed E-state index contributed by atoms with van der Waals surface area (Å²) in [7, 11) is 0. The van der Waals surface area contributed by atoms with Crippen LogP contribution >= 0.6 is 0 Å². The van der Waals surface area contributed by atoms with Crippen molar-refractivity contribution >= 4 is 27.7 Å². The number of rotatable bonds is 3. The molecule has 0 bridgehead atoms. The Labute approximate surface area is 151 Å². The van der Waals surface area contributed by atoms with Gasteiger partial charge in [-0.25, -0.2) is 4.98 Å². The molecule has 1 N–H and O–H groups in total. The Balaban J connectivity index is 1.29. The van der Waals surface area contributed by atoms with Gasteiger partial charge in [-0.2, -0.15) is 0 Å². The highest BCUT2D eigenvalue weighted by atomic mass is 16.2. The number of nitrogens with zero attached hydrogens (tertiary/aromatic N) is 2. The van der Waals surface area contributed by atoms with Gasteiger partial charge < -0.3 is 9.88 Å². The molecule has 0 radical (unpaired) electrons. The maximum atomic E-state index is 12.7. The van der Waals surface area contributed by atoms with Crippen molar-refractivity contribution in [1.29, 1.82) is 0 Å². The molecule has 5 rings (SSSR count). The molecule has 4 heteroatoms. The monoisotopic (exact) mass is 341 g/mol. The van der Waals surface area contributed by atoms with E-state index in [1.54, 1.807) is 0 Å². The van der Waals surface area contributed by atoms with Crippen LogP contribution in [0.4, 0.5) is 0 Å². The van der Waals surface area contributed by atoms with Gasteiger partial charge in [0.2, 0.25) is 5.91 Å². The normalized spacial score (nSPS) is 14.7. The quantitative estimate of drug-likeness (QED) is 0.615. The lowest BCUT2D eigenvalue weighted by Crippen LogP contribution is -2.49. The van der Waals surface area contributed by atoms with E-state index in [2.05, 4.69) is 34.2 Å². The van der Waals surface area contributed by atoms with Gasteiger partial charge in [-0.15, -0.1) is 0 Å². The van der Waals surface area contributed by atoms with Gasteiger partial charge in [0.25, 0.3) is 0 Å². The number of aromatic amines is 1. The highest BCUT2D eigenvalue weighted by Gasteiger charge is 2.33. The molecule has 1 saturated heterocycles. The van der Waals surface area contributed by atoms with E-state index < -0.39 is 0 Å². The van der Waals surface area contributed by atoms with E-state index in [1.165, 1.54) is 5.39 Å². The maximum absolute atomic E-state index is 12.7. The van der Waals surface area contributed by atoms with E-state index in [-0.39, 0.29) is 5.91 Å². The van der Waals surface area contributed by atoms with Gasteiger partial charge in [-0.05, 0) is 28.5 Å². The Morgan fingerprint density at radius 3 is 2.65 bits per heavy atom. The van der Waals surface area contributed by atoms with Crippen molar-refractivity contribution in [2.75, 3.05) is 13.1 Å². The number of imidazole rings is 1. The van der Waals surface area contributed by atoms with E-state index >= 15 is 0 Å². The van der Waals surface area contributed by atoms with Gasteiger partial charge in [0.1, 0.15) is 5.82 Å². The summed E-state index contributed by atoms with van der Waals surface area (Å²) in [5.74, 6) is 1.48. The number of carbonyl (C=O) groups is 1. The third-order valence-electron chi connectivity index (χ3n) is 5.25. The van der Waals surface area contributed by atoms with Crippen LogP contribution < -0.4 is 0 Å². The minimum absolute atomic E-state index is 0.189. The Kier molecular flexibility index (Phi) is 3.49. The lowest BCUT2D eigenvalue weighted by Gasteiger charge is -2.38. The maximum Gasteiger partial charge on any atom is 0.227 e. The zero-order valence-corrected chi connectivity index (χ0v) is 14.4. The zero-order valence-electron chi connectivity index (χ0n) is 14.4. The largest absolute Gasteiger partial charge is 0.342 e. The van der Waals surface area contributed by atoms with Crippen molar-refractivity contribution < 1.29 is 4.79 Å². The zero-order chi connectivity index (χ0) is 17.5. The molecular weight excluding hydrogens is 322 g/mol. The number of para-hydroxylation sites is 2. The summed E-state index contributed by atoms with van der Waals surface area (Å²) < 4.78 is 0. The number of hydrogen-bond donors (Lipinski definition) is 1. The van der Waals surface area contributed by atoms with E-state index in [9.17, 15) is 4.79 Å². The van der Waals surface area contributed by atoms with Crippen LogP contribution in [0.5, 0.6) is 0 Å². The van der Waals surface area contributed by atoms with E-state index in [0.29, 0.717) is 12.3 Å². The van der Waals surface area contributed by atoms with Crippen molar-refractivity contribution in [3.05, 3.63) is 78.1 Å². The fraction of sp³-hybridized carbons (Fsp3) is 0.182. The van der Waals surface area contributed by atoms with Crippen LogP contribution in [0.15, 0.2) is 66.7 Å². The fourth-order valence-corrected chi connectivity index (χ4v) is 3.74. The van der Waals surface area contributed by atoms with Crippen LogP contribution in [0.25, 0.3) is 21.8 Å². The third kappa shape index (κ3) is 2.54. The molecule has 4 nitrogen and oxygen atoms in total. The van der Waals surface area contributed by atoms with E-state index in [0.717, 1.165) is 40.9 Å². The number of nitrogens with one attached hydrogen (secondary N) is 1. The molecule has 1 fully saturated rings. The summed E-state index contributed by atoms with van der Waals surface area (Å²) in [5, 5.41) is 2.35. The Bertz CT molecular complexity index is 1070. The van der Waals surface area contributed by atoms with Crippen molar-refractivity contribution in [3.63, 3.8) is 0 Å². The molecule has 26 heavy (non-hydrogen) atoms. The number of fused-ring (bicyclic) bond motifs is 2. The standard InChI is InChI=1S/C22H19N3O/c26-21(12-16-8-5-7-15-6-1-2-9-18(15)16)25-13-17(14-25)22-23-19-10-3-4-11-20(19)24-22/h1-11,17H,12-14H2,(H,23,24). The highest BCUT2D eigenvalue weighted by molar-refractivity contribution is 5.90. The van der Waals surface area contributed by atoms with Gasteiger partial charge >= 0.3 is 0 Å². The Hall–Kier alpha value is -3.14. The molecule has 0 unspecified atom stereocenters. The summed E-state index contributed by atoms with van der Waals surface area (Å²) in [4.78, 5) is 22.7. The molecule has 1 aliphatic rings. The van der Waals surface area contributed by atoms with Gasteiger partial charge in [0.05, 0.1) is 23.4 Å². The lowest BCUT2D eigenvalue weighted by molar-refractivity contribution is -0.134. The van der Waals surface area contributed by atoms with Crippen molar-refractivity contribution in [2.24, 2.45) is 0 Å². The number of hydrogen-bond acceptors (Lipinski definition) is 2. The second-order valence-corrected chi connectivity index (χ2v) is 6.95. The first-order valence-corrected chi connectivity index (χ1v) is 8.97. The Morgan fingerprint density at radius 1 is 1.00 bits per heavy atom. The minimum Gasteiger partial charge on any atom is -0.342 e. The van der Waals surface area contributed by atoms with Crippen LogP contribution in [0.2, 0.25) is 0 Å². The molecule has 3 aromatic carbocycles.